The van der Waals surface area contributed by atoms with Crippen LogP contribution < -0.4 is 15.4 Å². The van der Waals surface area contributed by atoms with Gasteiger partial charge in [-0.3, -0.25) is 4.79 Å². The van der Waals surface area contributed by atoms with Gasteiger partial charge < -0.3 is 15.4 Å². The summed E-state index contributed by atoms with van der Waals surface area (Å²) in [6, 6.07) is 15.1. The number of benzene rings is 2. The van der Waals surface area contributed by atoms with Gasteiger partial charge in [-0.25, -0.2) is 0 Å². The number of nitrogens with one attached hydrogen (secondary N) is 2. The average molecular weight is 389 g/mol. The van der Waals surface area contributed by atoms with Crippen LogP contribution in [0.2, 0.25) is 0 Å². The first-order chi connectivity index (χ1) is 11.6. The molecule has 4 nitrogen and oxygen atoms in total. The molecule has 1 fully saturated rings. The number of piperidine rings is 1. The molecule has 0 aliphatic carbocycles. The van der Waals surface area contributed by atoms with E-state index in [0.717, 1.165) is 24.0 Å². The average Bonchev–Trinajstić information content (AvgIpc) is 2.57. The predicted molar refractivity (Wildman–Crippen MR) is 98.6 cm³/mol. The molecular formula is C19H21BrN2O2. The fourth-order valence-electron chi connectivity index (χ4n) is 2.88. The normalized spacial score (nSPS) is 20.4. The lowest BCUT2D eigenvalue weighted by atomic mass is 9.95. The number of hydrogen-bond donors (Lipinski definition) is 2. The maximum absolute atomic E-state index is 12.7. The zero-order valence-electron chi connectivity index (χ0n) is 13.6. The Morgan fingerprint density at radius 3 is 2.88 bits per heavy atom. The Bertz CT molecular complexity index is 720. The van der Waals surface area contributed by atoms with Crippen molar-refractivity contribution in [1.29, 1.82) is 0 Å². The summed E-state index contributed by atoms with van der Waals surface area (Å²) in [4.78, 5) is 12.7. The van der Waals surface area contributed by atoms with Crippen LogP contribution in [0.15, 0.2) is 53.0 Å². The van der Waals surface area contributed by atoms with Crippen LogP contribution in [0.25, 0.3) is 0 Å². The van der Waals surface area contributed by atoms with Gasteiger partial charge in [0.2, 0.25) is 0 Å². The summed E-state index contributed by atoms with van der Waals surface area (Å²) >= 11 is 3.43. The standard InChI is InChI=1S/C19H21BrN2O2/c1-13-12-21-10-9-17(13)22-19(23)16-7-2-3-8-18(16)24-15-6-4-5-14(20)11-15/h2-8,11,13,17,21H,9-10,12H2,1H3,(H,22,23). The number of amides is 1. The molecule has 2 N–H and O–H groups in total. The van der Waals surface area contributed by atoms with Gasteiger partial charge in [0.05, 0.1) is 5.56 Å². The quantitative estimate of drug-likeness (QED) is 0.832. The zero-order chi connectivity index (χ0) is 16.9. The predicted octanol–water partition coefficient (Wildman–Crippen LogP) is 3.97. The lowest BCUT2D eigenvalue weighted by Gasteiger charge is -2.30. The summed E-state index contributed by atoms with van der Waals surface area (Å²) in [5.74, 6) is 1.59. The van der Waals surface area contributed by atoms with E-state index in [2.05, 4.69) is 33.5 Å². The molecule has 0 spiro atoms. The fraction of sp³-hybridized carbons (Fsp3) is 0.316. The van der Waals surface area contributed by atoms with Crippen molar-refractivity contribution < 1.29 is 9.53 Å². The maximum atomic E-state index is 12.7. The first-order valence-electron chi connectivity index (χ1n) is 8.17. The van der Waals surface area contributed by atoms with Crippen LogP contribution in [-0.2, 0) is 0 Å². The Balaban J connectivity index is 1.77. The van der Waals surface area contributed by atoms with E-state index in [1.165, 1.54) is 0 Å². The molecule has 24 heavy (non-hydrogen) atoms. The first-order valence-corrected chi connectivity index (χ1v) is 8.97. The van der Waals surface area contributed by atoms with Gasteiger partial charge in [-0.05, 0) is 55.8 Å². The van der Waals surface area contributed by atoms with Gasteiger partial charge in [-0.1, -0.05) is 41.1 Å². The third-order valence-electron chi connectivity index (χ3n) is 4.26. The minimum atomic E-state index is -0.0839. The van der Waals surface area contributed by atoms with Crippen LogP contribution in [0.3, 0.4) is 0 Å². The van der Waals surface area contributed by atoms with E-state index in [0.29, 0.717) is 23.0 Å². The summed E-state index contributed by atoms with van der Waals surface area (Å²) in [5.41, 5.74) is 0.559. The highest BCUT2D eigenvalue weighted by molar-refractivity contribution is 9.10. The van der Waals surface area contributed by atoms with E-state index in [-0.39, 0.29) is 11.9 Å². The monoisotopic (exact) mass is 388 g/mol. The highest BCUT2D eigenvalue weighted by Gasteiger charge is 2.24. The van der Waals surface area contributed by atoms with E-state index in [9.17, 15) is 4.79 Å². The third-order valence-corrected chi connectivity index (χ3v) is 4.75. The molecule has 1 aliphatic rings. The second kappa shape index (κ2) is 7.81. The smallest absolute Gasteiger partial charge is 0.255 e. The van der Waals surface area contributed by atoms with E-state index in [1.807, 2.05) is 42.5 Å². The minimum Gasteiger partial charge on any atom is -0.456 e. The second-order valence-electron chi connectivity index (χ2n) is 6.11. The summed E-state index contributed by atoms with van der Waals surface area (Å²) in [7, 11) is 0. The molecule has 2 aromatic rings. The molecule has 1 amide bonds. The van der Waals surface area contributed by atoms with Crippen molar-refractivity contribution in [3.8, 4) is 11.5 Å². The summed E-state index contributed by atoms with van der Waals surface area (Å²) in [6.07, 6.45) is 0.946. The first kappa shape index (κ1) is 17.0. The number of para-hydroxylation sites is 1. The van der Waals surface area contributed by atoms with Crippen LogP contribution in [0.5, 0.6) is 11.5 Å². The van der Waals surface area contributed by atoms with Gasteiger partial charge in [-0.2, -0.15) is 0 Å². The largest absolute Gasteiger partial charge is 0.456 e. The number of rotatable bonds is 4. The Hall–Kier alpha value is -1.85. The second-order valence-corrected chi connectivity index (χ2v) is 7.02. The molecule has 5 heteroatoms. The van der Waals surface area contributed by atoms with E-state index in [4.69, 9.17) is 4.74 Å². The fourth-order valence-corrected chi connectivity index (χ4v) is 3.25. The number of carbonyl (C=O) groups is 1. The van der Waals surface area contributed by atoms with Gasteiger partial charge in [0.25, 0.3) is 5.91 Å². The number of halogens is 1. The van der Waals surface area contributed by atoms with Crippen molar-refractivity contribution in [1.82, 2.24) is 10.6 Å². The van der Waals surface area contributed by atoms with Gasteiger partial charge in [-0.15, -0.1) is 0 Å². The van der Waals surface area contributed by atoms with Crippen molar-refractivity contribution in [2.24, 2.45) is 5.92 Å². The van der Waals surface area contributed by atoms with Gasteiger partial charge >= 0.3 is 0 Å². The molecule has 0 saturated carbocycles. The van der Waals surface area contributed by atoms with E-state index >= 15 is 0 Å². The third kappa shape index (κ3) is 4.16. The number of hydrogen-bond acceptors (Lipinski definition) is 3. The molecule has 1 aliphatic heterocycles. The molecule has 3 rings (SSSR count). The zero-order valence-corrected chi connectivity index (χ0v) is 15.2. The van der Waals surface area contributed by atoms with Crippen molar-refractivity contribution in [3.05, 3.63) is 58.6 Å². The Morgan fingerprint density at radius 2 is 2.08 bits per heavy atom. The highest BCUT2D eigenvalue weighted by atomic mass is 79.9. The van der Waals surface area contributed by atoms with Crippen LogP contribution in [-0.4, -0.2) is 25.0 Å². The van der Waals surface area contributed by atoms with Gasteiger partial charge in [0.1, 0.15) is 11.5 Å². The van der Waals surface area contributed by atoms with Crippen molar-refractivity contribution in [2.45, 2.75) is 19.4 Å². The molecule has 1 saturated heterocycles. The highest BCUT2D eigenvalue weighted by Crippen LogP contribution is 2.27. The number of ether oxygens (including phenoxy) is 1. The van der Waals surface area contributed by atoms with Crippen molar-refractivity contribution in [2.75, 3.05) is 13.1 Å². The van der Waals surface area contributed by atoms with Crippen LogP contribution >= 0.6 is 15.9 Å². The molecule has 0 radical (unpaired) electrons. The lowest BCUT2D eigenvalue weighted by molar-refractivity contribution is 0.0912. The summed E-state index contributed by atoms with van der Waals surface area (Å²) < 4.78 is 6.86. The molecule has 0 aromatic heterocycles. The molecule has 2 unspecified atom stereocenters. The lowest BCUT2D eigenvalue weighted by Crippen LogP contribution is -2.48. The SMILES string of the molecule is CC1CNCCC1NC(=O)c1ccccc1Oc1cccc(Br)c1. The maximum Gasteiger partial charge on any atom is 0.255 e. The minimum absolute atomic E-state index is 0.0839. The van der Waals surface area contributed by atoms with Crippen LogP contribution in [0.1, 0.15) is 23.7 Å². The molecule has 2 atom stereocenters. The number of carbonyl (C=O) groups excluding carboxylic acids is 1. The van der Waals surface area contributed by atoms with Crippen LogP contribution in [0.4, 0.5) is 0 Å². The Morgan fingerprint density at radius 1 is 1.25 bits per heavy atom. The Kier molecular flexibility index (Phi) is 5.53. The van der Waals surface area contributed by atoms with Gasteiger partial charge in [0, 0.05) is 10.5 Å². The van der Waals surface area contributed by atoms with Crippen molar-refractivity contribution >= 4 is 21.8 Å². The summed E-state index contributed by atoms with van der Waals surface area (Å²) in [6.45, 7) is 4.02. The molecule has 126 valence electrons. The summed E-state index contributed by atoms with van der Waals surface area (Å²) in [5, 5.41) is 6.50. The topological polar surface area (TPSA) is 50.4 Å². The van der Waals surface area contributed by atoms with Gasteiger partial charge in [0.15, 0.2) is 0 Å². The molecule has 2 aromatic carbocycles. The molecule has 0 bridgehead atoms. The Labute approximate surface area is 150 Å². The van der Waals surface area contributed by atoms with E-state index in [1.54, 1.807) is 6.07 Å². The molecular weight excluding hydrogens is 368 g/mol. The van der Waals surface area contributed by atoms with Crippen LogP contribution in [0, 0.1) is 5.92 Å². The van der Waals surface area contributed by atoms with Crippen molar-refractivity contribution in [3.63, 3.8) is 0 Å². The van der Waals surface area contributed by atoms with E-state index < -0.39 is 0 Å². The molecule has 1 heterocycles.